The Morgan fingerprint density at radius 2 is 2.04 bits per heavy atom. The fraction of sp³-hybridized carbons (Fsp3) is 0.389. The highest BCUT2D eigenvalue weighted by Crippen LogP contribution is 2.31. The fourth-order valence-corrected chi connectivity index (χ4v) is 3.76. The van der Waals surface area contributed by atoms with Crippen LogP contribution in [0.4, 0.5) is 5.82 Å². The van der Waals surface area contributed by atoms with Crippen LogP contribution in [0.25, 0.3) is 0 Å². The highest BCUT2D eigenvalue weighted by molar-refractivity contribution is 7.99. The first kappa shape index (κ1) is 16.6. The highest BCUT2D eigenvalue weighted by atomic mass is 32.2. The Morgan fingerprint density at radius 3 is 2.75 bits per heavy atom. The van der Waals surface area contributed by atoms with Gasteiger partial charge < -0.3 is 5.32 Å². The van der Waals surface area contributed by atoms with Gasteiger partial charge in [0.15, 0.2) is 0 Å². The standard InChI is InChI=1S/C18H20N4OS/c19-11-14-5-7-15(8-6-14)12-24-13-18(23)21-17-9-10-20-22(17)16-3-1-2-4-16/h5-10,16H,1-4,12-13H2,(H,21,23). The molecule has 1 saturated carbocycles. The minimum absolute atomic E-state index is 0.00612. The summed E-state index contributed by atoms with van der Waals surface area (Å²) in [6.45, 7) is 0. The quantitative estimate of drug-likeness (QED) is 0.869. The molecule has 3 rings (SSSR count). The minimum Gasteiger partial charge on any atom is -0.310 e. The van der Waals surface area contributed by atoms with E-state index >= 15 is 0 Å². The van der Waals surface area contributed by atoms with Crippen molar-refractivity contribution in [2.45, 2.75) is 37.5 Å². The molecule has 1 aliphatic rings. The predicted molar refractivity (Wildman–Crippen MR) is 95.7 cm³/mol. The Morgan fingerprint density at radius 1 is 1.29 bits per heavy atom. The molecule has 1 aliphatic carbocycles. The van der Waals surface area contributed by atoms with E-state index in [1.807, 2.05) is 22.9 Å². The van der Waals surface area contributed by atoms with Crippen LogP contribution in [-0.2, 0) is 10.5 Å². The summed E-state index contributed by atoms with van der Waals surface area (Å²) in [6.07, 6.45) is 6.49. The molecule has 0 atom stereocenters. The maximum absolute atomic E-state index is 12.2. The van der Waals surface area contributed by atoms with E-state index in [1.54, 1.807) is 30.1 Å². The Hall–Kier alpha value is -2.26. The van der Waals surface area contributed by atoms with Gasteiger partial charge in [0.2, 0.25) is 5.91 Å². The number of rotatable bonds is 6. The normalized spacial score (nSPS) is 14.5. The van der Waals surface area contributed by atoms with E-state index in [0.717, 1.165) is 30.0 Å². The molecule has 1 N–H and O–H groups in total. The molecule has 0 radical (unpaired) electrons. The number of nitrogens with one attached hydrogen (secondary N) is 1. The van der Waals surface area contributed by atoms with Gasteiger partial charge in [-0.05, 0) is 30.5 Å². The predicted octanol–water partition coefficient (Wildman–Crippen LogP) is 3.74. The van der Waals surface area contributed by atoms with Crippen molar-refractivity contribution in [1.29, 1.82) is 5.26 Å². The van der Waals surface area contributed by atoms with Crippen molar-refractivity contribution in [3.05, 3.63) is 47.7 Å². The molecular weight excluding hydrogens is 320 g/mol. The summed E-state index contributed by atoms with van der Waals surface area (Å²) in [7, 11) is 0. The number of carbonyl (C=O) groups excluding carboxylic acids is 1. The average Bonchev–Trinajstić information content (AvgIpc) is 3.26. The Kier molecular flexibility index (Phi) is 5.55. The SMILES string of the molecule is N#Cc1ccc(CSCC(=O)Nc2ccnn2C2CCCC2)cc1. The van der Waals surface area contributed by atoms with E-state index < -0.39 is 0 Å². The zero-order valence-corrected chi connectivity index (χ0v) is 14.3. The van der Waals surface area contributed by atoms with Gasteiger partial charge in [0.25, 0.3) is 0 Å². The van der Waals surface area contributed by atoms with E-state index in [0.29, 0.717) is 17.4 Å². The van der Waals surface area contributed by atoms with Crippen LogP contribution in [-0.4, -0.2) is 21.4 Å². The van der Waals surface area contributed by atoms with Gasteiger partial charge >= 0.3 is 0 Å². The summed E-state index contributed by atoms with van der Waals surface area (Å²) in [5, 5.41) is 16.1. The third kappa shape index (κ3) is 4.18. The summed E-state index contributed by atoms with van der Waals surface area (Å²) in [5.74, 6) is 1.94. The van der Waals surface area contributed by atoms with E-state index in [-0.39, 0.29) is 5.91 Å². The molecule has 0 unspecified atom stereocenters. The maximum atomic E-state index is 12.2. The first-order chi connectivity index (χ1) is 11.8. The number of carbonyl (C=O) groups is 1. The molecule has 1 heterocycles. The lowest BCUT2D eigenvalue weighted by atomic mass is 10.2. The van der Waals surface area contributed by atoms with Gasteiger partial charge in [0, 0.05) is 11.8 Å². The van der Waals surface area contributed by atoms with Crippen molar-refractivity contribution in [2.75, 3.05) is 11.1 Å². The molecule has 1 amide bonds. The third-order valence-electron chi connectivity index (χ3n) is 4.19. The lowest BCUT2D eigenvalue weighted by molar-refractivity contribution is -0.113. The van der Waals surface area contributed by atoms with Crippen LogP contribution in [0, 0.1) is 11.3 Å². The van der Waals surface area contributed by atoms with E-state index in [1.165, 1.54) is 12.8 Å². The molecule has 1 aromatic carbocycles. The summed E-state index contributed by atoms with van der Waals surface area (Å²) >= 11 is 1.56. The van der Waals surface area contributed by atoms with Gasteiger partial charge in [-0.2, -0.15) is 10.4 Å². The molecule has 0 spiro atoms. The smallest absolute Gasteiger partial charge is 0.235 e. The molecule has 1 fully saturated rings. The number of hydrogen-bond acceptors (Lipinski definition) is 4. The van der Waals surface area contributed by atoms with Crippen molar-refractivity contribution >= 4 is 23.5 Å². The fourth-order valence-electron chi connectivity index (χ4n) is 2.97. The Balaban J connectivity index is 1.47. The maximum Gasteiger partial charge on any atom is 0.235 e. The Bertz CT molecular complexity index is 726. The van der Waals surface area contributed by atoms with Crippen molar-refractivity contribution in [3.63, 3.8) is 0 Å². The van der Waals surface area contributed by atoms with E-state index in [4.69, 9.17) is 5.26 Å². The number of thioether (sulfide) groups is 1. The van der Waals surface area contributed by atoms with Gasteiger partial charge in [0.05, 0.1) is 29.6 Å². The van der Waals surface area contributed by atoms with Crippen LogP contribution in [0.1, 0.15) is 42.9 Å². The van der Waals surface area contributed by atoms with Crippen LogP contribution >= 0.6 is 11.8 Å². The van der Waals surface area contributed by atoms with Gasteiger partial charge in [-0.25, -0.2) is 4.68 Å². The molecule has 0 saturated heterocycles. The van der Waals surface area contributed by atoms with Crippen molar-refractivity contribution in [2.24, 2.45) is 0 Å². The Labute approximate surface area is 146 Å². The van der Waals surface area contributed by atoms with Crippen molar-refractivity contribution in [1.82, 2.24) is 9.78 Å². The second-order valence-corrected chi connectivity index (χ2v) is 6.93. The number of amides is 1. The van der Waals surface area contributed by atoms with E-state index in [2.05, 4.69) is 16.5 Å². The monoisotopic (exact) mass is 340 g/mol. The lowest BCUT2D eigenvalue weighted by Crippen LogP contribution is -2.19. The number of nitrogens with zero attached hydrogens (tertiary/aromatic N) is 3. The zero-order valence-electron chi connectivity index (χ0n) is 13.4. The second kappa shape index (κ2) is 8.02. The molecular formula is C18H20N4OS. The first-order valence-electron chi connectivity index (χ1n) is 8.16. The van der Waals surface area contributed by atoms with Crippen LogP contribution < -0.4 is 5.32 Å². The molecule has 2 aromatic rings. The number of anilines is 1. The lowest BCUT2D eigenvalue weighted by Gasteiger charge is -2.14. The highest BCUT2D eigenvalue weighted by Gasteiger charge is 2.20. The molecule has 6 heteroatoms. The van der Waals surface area contributed by atoms with Gasteiger partial charge in [-0.1, -0.05) is 25.0 Å². The molecule has 5 nitrogen and oxygen atoms in total. The van der Waals surface area contributed by atoms with Crippen molar-refractivity contribution in [3.8, 4) is 6.07 Å². The molecule has 0 bridgehead atoms. The van der Waals surface area contributed by atoms with E-state index in [9.17, 15) is 4.79 Å². The summed E-state index contributed by atoms with van der Waals surface area (Å²) in [5.41, 5.74) is 1.77. The molecule has 24 heavy (non-hydrogen) atoms. The second-order valence-electron chi connectivity index (χ2n) is 5.95. The molecule has 124 valence electrons. The van der Waals surface area contributed by atoms with Crippen LogP contribution in [0.3, 0.4) is 0 Å². The first-order valence-corrected chi connectivity index (χ1v) is 9.32. The topological polar surface area (TPSA) is 70.7 Å². The van der Waals surface area contributed by atoms with Gasteiger partial charge in [0.1, 0.15) is 5.82 Å². The zero-order chi connectivity index (χ0) is 16.8. The van der Waals surface area contributed by atoms with Gasteiger partial charge in [-0.15, -0.1) is 11.8 Å². The number of nitriles is 1. The summed E-state index contributed by atoms with van der Waals surface area (Å²) in [4.78, 5) is 12.2. The van der Waals surface area contributed by atoms with Gasteiger partial charge in [-0.3, -0.25) is 4.79 Å². The average molecular weight is 340 g/mol. The van der Waals surface area contributed by atoms with Crippen molar-refractivity contribution < 1.29 is 4.79 Å². The number of benzene rings is 1. The van der Waals surface area contributed by atoms with Crippen LogP contribution in [0.15, 0.2) is 36.5 Å². The summed E-state index contributed by atoms with van der Waals surface area (Å²) in [6, 6.07) is 11.8. The summed E-state index contributed by atoms with van der Waals surface area (Å²) < 4.78 is 1.95. The van der Waals surface area contributed by atoms with Crippen LogP contribution in [0.2, 0.25) is 0 Å². The van der Waals surface area contributed by atoms with Crippen LogP contribution in [0.5, 0.6) is 0 Å². The largest absolute Gasteiger partial charge is 0.310 e. The molecule has 1 aromatic heterocycles. The number of aromatic nitrogens is 2. The minimum atomic E-state index is -0.00612. The number of hydrogen-bond donors (Lipinski definition) is 1. The molecule has 0 aliphatic heterocycles. The third-order valence-corrected chi connectivity index (χ3v) is 5.20.